The normalized spacial score (nSPS) is 13.5. The molecule has 0 aliphatic carbocycles. The van der Waals surface area contributed by atoms with Crippen LogP contribution in [0.2, 0.25) is 0 Å². The Morgan fingerprint density at radius 2 is 1.75 bits per heavy atom. The minimum atomic E-state index is -3.67. The van der Waals surface area contributed by atoms with Crippen LogP contribution < -0.4 is 15.4 Å². The molecular formula is C19H25N3O4S2. The Morgan fingerprint density at radius 3 is 2.32 bits per heavy atom. The summed E-state index contributed by atoms with van der Waals surface area (Å²) >= 11 is 1.47. The van der Waals surface area contributed by atoms with Crippen LogP contribution in [0.1, 0.15) is 42.4 Å². The summed E-state index contributed by atoms with van der Waals surface area (Å²) in [6.07, 6.45) is 0.795. The maximum absolute atomic E-state index is 12.3. The van der Waals surface area contributed by atoms with Crippen molar-refractivity contribution in [3.05, 3.63) is 52.2 Å². The van der Waals surface area contributed by atoms with Crippen LogP contribution in [-0.4, -0.2) is 32.3 Å². The Morgan fingerprint density at radius 1 is 1.07 bits per heavy atom. The van der Waals surface area contributed by atoms with Crippen LogP contribution in [-0.2, 0) is 21.4 Å². The van der Waals surface area contributed by atoms with Crippen molar-refractivity contribution in [1.82, 2.24) is 15.4 Å². The van der Waals surface area contributed by atoms with Gasteiger partial charge in [-0.25, -0.2) is 13.1 Å². The summed E-state index contributed by atoms with van der Waals surface area (Å²) in [6, 6.07) is 8.62. The predicted octanol–water partition coefficient (Wildman–Crippen LogP) is 2.26. The maximum Gasteiger partial charge on any atom is 0.251 e. The number of carbonyl (C=O) groups is 2. The van der Waals surface area contributed by atoms with E-state index >= 15 is 0 Å². The molecule has 1 aromatic carbocycles. The minimum absolute atomic E-state index is 0.0259. The van der Waals surface area contributed by atoms with E-state index in [4.69, 9.17) is 0 Å². The zero-order chi connectivity index (χ0) is 20.7. The summed E-state index contributed by atoms with van der Waals surface area (Å²) in [5.41, 5.74) is 0.278. The van der Waals surface area contributed by atoms with Gasteiger partial charge in [-0.2, -0.15) is 0 Å². The second kappa shape index (κ2) is 9.81. The number of sulfonamides is 1. The standard InChI is InChI=1S/C19H25N3O4S2/c1-4-13(2)21-18(23)14(3)22-19(24)15-7-9-17(10-8-15)28(25,26)20-12-16-6-5-11-27-16/h5-11,13-14,20H,4,12H2,1-3H3,(H,21,23)(H,22,24). The molecule has 7 nitrogen and oxygen atoms in total. The molecule has 2 amide bonds. The van der Waals surface area contributed by atoms with Gasteiger partial charge < -0.3 is 10.6 Å². The molecule has 2 rings (SSSR count). The third-order valence-electron chi connectivity index (χ3n) is 4.19. The molecule has 0 aliphatic heterocycles. The first-order chi connectivity index (χ1) is 13.2. The summed E-state index contributed by atoms with van der Waals surface area (Å²) in [7, 11) is -3.67. The lowest BCUT2D eigenvalue weighted by Crippen LogP contribution is -2.47. The van der Waals surface area contributed by atoms with Crippen LogP contribution in [0.3, 0.4) is 0 Å². The highest BCUT2D eigenvalue weighted by atomic mass is 32.2. The van der Waals surface area contributed by atoms with Crippen molar-refractivity contribution in [3.63, 3.8) is 0 Å². The Balaban J connectivity index is 1.97. The van der Waals surface area contributed by atoms with Crippen LogP contribution in [0.15, 0.2) is 46.7 Å². The van der Waals surface area contributed by atoms with Crippen molar-refractivity contribution < 1.29 is 18.0 Å². The zero-order valence-corrected chi connectivity index (χ0v) is 17.7. The first kappa shape index (κ1) is 22.1. The van der Waals surface area contributed by atoms with E-state index in [0.717, 1.165) is 11.3 Å². The fourth-order valence-electron chi connectivity index (χ4n) is 2.26. The summed E-state index contributed by atoms with van der Waals surface area (Å²) in [5, 5.41) is 7.29. The number of hydrogen-bond acceptors (Lipinski definition) is 5. The van der Waals surface area contributed by atoms with Crippen molar-refractivity contribution in [2.45, 2.75) is 50.7 Å². The number of benzene rings is 1. The highest BCUT2D eigenvalue weighted by Gasteiger charge is 2.19. The van der Waals surface area contributed by atoms with Gasteiger partial charge in [-0.15, -0.1) is 11.3 Å². The van der Waals surface area contributed by atoms with E-state index in [1.54, 1.807) is 6.92 Å². The van der Waals surface area contributed by atoms with Gasteiger partial charge in [-0.3, -0.25) is 9.59 Å². The van der Waals surface area contributed by atoms with Crippen LogP contribution in [0.5, 0.6) is 0 Å². The van der Waals surface area contributed by atoms with E-state index < -0.39 is 22.0 Å². The number of amides is 2. The topological polar surface area (TPSA) is 104 Å². The van der Waals surface area contributed by atoms with Crippen LogP contribution in [0, 0.1) is 0 Å². The quantitative estimate of drug-likeness (QED) is 0.575. The molecule has 2 unspecified atom stereocenters. The fraction of sp³-hybridized carbons (Fsp3) is 0.368. The number of hydrogen-bond donors (Lipinski definition) is 3. The van der Waals surface area contributed by atoms with E-state index in [0.29, 0.717) is 0 Å². The largest absolute Gasteiger partial charge is 0.352 e. The Kier molecular flexibility index (Phi) is 7.73. The molecule has 0 spiro atoms. The third kappa shape index (κ3) is 6.15. The zero-order valence-electron chi connectivity index (χ0n) is 16.1. The molecule has 0 saturated carbocycles. The Bertz CT molecular complexity index is 894. The van der Waals surface area contributed by atoms with Crippen molar-refractivity contribution >= 4 is 33.2 Å². The van der Waals surface area contributed by atoms with Crippen LogP contribution >= 0.6 is 11.3 Å². The van der Waals surface area contributed by atoms with Gasteiger partial charge in [0.2, 0.25) is 15.9 Å². The van der Waals surface area contributed by atoms with Gasteiger partial charge in [0.1, 0.15) is 6.04 Å². The van der Waals surface area contributed by atoms with E-state index in [9.17, 15) is 18.0 Å². The first-order valence-electron chi connectivity index (χ1n) is 8.96. The molecule has 3 N–H and O–H groups in total. The molecule has 0 radical (unpaired) electrons. The smallest absolute Gasteiger partial charge is 0.251 e. The Hall–Kier alpha value is -2.23. The van der Waals surface area contributed by atoms with Crippen LogP contribution in [0.4, 0.5) is 0 Å². The molecular weight excluding hydrogens is 398 g/mol. The van der Waals surface area contributed by atoms with E-state index in [1.807, 2.05) is 31.4 Å². The lowest BCUT2D eigenvalue weighted by Gasteiger charge is -2.17. The van der Waals surface area contributed by atoms with Gasteiger partial charge in [-0.05, 0) is 56.0 Å². The molecule has 2 atom stereocenters. The predicted molar refractivity (Wildman–Crippen MR) is 110 cm³/mol. The molecule has 2 aromatic rings. The Labute approximate surface area is 169 Å². The van der Waals surface area contributed by atoms with E-state index in [-0.39, 0.29) is 29.0 Å². The molecule has 0 fully saturated rings. The van der Waals surface area contributed by atoms with Crippen molar-refractivity contribution in [1.29, 1.82) is 0 Å². The molecule has 152 valence electrons. The summed E-state index contributed by atoms with van der Waals surface area (Å²) in [6.45, 7) is 5.66. The molecule has 1 aromatic heterocycles. The van der Waals surface area contributed by atoms with Gasteiger partial charge in [-0.1, -0.05) is 13.0 Å². The van der Waals surface area contributed by atoms with Crippen molar-refractivity contribution in [3.8, 4) is 0 Å². The van der Waals surface area contributed by atoms with Gasteiger partial charge in [0.15, 0.2) is 0 Å². The van der Waals surface area contributed by atoms with Gasteiger partial charge in [0, 0.05) is 23.0 Å². The highest BCUT2D eigenvalue weighted by molar-refractivity contribution is 7.89. The van der Waals surface area contributed by atoms with E-state index in [1.165, 1.54) is 35.6 Å². The average Bonchev–Trinajstić information content (AvgIpc) is 3.20. The number of thiophene rings is 1. The minimum Gasteiger partial charge on any atom is -0.352 e. The summed E-state index contributed by atoms with van der Waals surface area (Å²) in [4.78, 5) is 25.3. The number of nitrogens with one attached hydrogen (secondary N) is 3. The van der Waals surface area contributed by atoms with Crippen molar-refractivity contribution in [2.75, 3.05) is 0 Å². The number of rotatable bonds is 9. The molecule has 0 bridgehead atoms. The lowest BCUT2D eigenvalue weighted by atomic mass is 10.2. The van der Waals surface area contributed by atoms with Crippen LogP contribution in [0.25, 0.3) is 0 Å². The monoisotopic (exact) mass is 423 g/mol. The lowest BCUT2D eigenvalue weighted by molar-refractivity contribution is -0.123. The molecule has 1 heterocycles. The second-order valence-electron chi connectivity index (χ2n) is 6.44. The maximum atomic E-state index is 12.3. The van der Waals surface area contributed by atoms with Crippen molar-refractivity contribution in [2.24, 2.45) is 0 Å². The summed E-state index contributed by atoms with van der Waals surface area (Å²) in [5.74, 6) is -0.707. The molecule has 0 aliphatic rings. The molecule has 0 saturated heterocycles. The first-order valence-corrected chi connectivity index (χ1v) is 11.3. The molecule has 28 heavy (non-hydrogen) atoms. The average molecular weight is 424 g/mol. The number of carbonyl (C=O) groups excluding carboxylic acids is 2. The molecule has 9 heteroatoms. The SMILES string of the molecule is CCC(C)NC(=O)C(C)NC(=O)c1ccc(S(=O)(=O)NCc2cccs2)cc1. The van der Waals surface area contributed by atoms with Gasteiger partial charge in [0.25, 0.3) is 5.91 Å². The van der Waals surface area contributed by atoms with E-state index in [2.05, 4.69) is 15.4 Å². The fourth-order valence-corrected chi connectivity index (χ4v) is 4.01. The highest BCUT2D eigenvalue weighted by Crippen LogP contribution is 2.13. The summed E-state index contributed by atoms with van der Waals surface area (Å²) < 4.78 is 27.2. The third-order valence-corrected chi connectivity index (χ3v) is 6.48. The van der Waals surface area contributed by atoms with Gasteiger partial charge in [0.05, 0.1) is 4.90 Å². The van der Waals surface area contributed by atoms with Gasteiger partial charge >= 0.3 is 0 Å². The second-order valence-corrected chi connectivity index (χ2v) is 9.24.